The van der Waals surface area contributed by atoms with Crippen LogP contribution in [-0.2, 0) is 21.1 Å². The number of carbonyl (C=O) groups is 1. The van der Waals surface area contributed by atoms with E-state index in [9.17, 15) is 13.2 Å². The van der Waals surface area contributed by atoms with Gasteiger partial charge in [0.1, 0.15) is 5.75 Å². The number of nitrogens with zero attached hydrogens (tertiary/aromatic N) is 1. The van der Waals surface area contributed by atoms with Gasteiger partial charge in [-0.3, -0.25) is 4.79 Å². The number of benzene rings is 1. The molecule has 0 aliphatic rings. The Bertz CT molecular complexity index is 690. The van der Waals surface area contributed by atoms with Crippen LogP contribution in [0.15, 0.2) is 24.3 Å². The predicted molar refractivity (Wildman–Crippen MR) is 85.3 cm³/mol. The summed E-state index contributed by atoms with van der Waals surface area (Å²) >= 11 is 1.59. The Morgan fingerprint density at radius 1 is 1.33 bits per heavy atom. The topological polar surface area (TPSA) is 76.1 Å². The van der Waals surface area contributed by atoms with Crippen LogP contribution in [0.5, 0.6) is 0 Å². The van der Waals surface area contributed by atoms with Crippen molar-refractivity contribution in [3.8, 4) is 0 Å². The molecule has 5 nitrogen and oxygen atoms in total. The van der Waals surface area contributed by atoms with E-state index in [1.165, 1.54) is 0 Å². The van der Waals surface area contributed by atoms with E-state index in [0.717, 1.165) is 15.2 Å². The fourth-order valence-corrected chi connectivity index (χ4v) is 4.20. The second kappa shape index (κ2) is 7.00. The summed E-state index contributed by atoms with van der Waals surface area (Å²) in [6.45, 7) is 2.18. The maximum atomic E-state index is 11.6. The van der Waals surface area contributed by atoms with Crippen molar-refractivity contribution in [3.05, 3.63) is 29.3 Å². The number of sulfone groups is 1. The summed E-state index contributed by atoms with van der Waals surface area (Å²) < 4.78 is 24.2. The van der Waals surface area contributed by atoms with Gasteiger partial charge in [-0.05, 0) is 18.6 Å². The number of carbonyl (C=O) groups excluding carboxylic acids is 1. The van der Waals surface area contributed by atoms with Crippen molar-refractivity contribution >= 4 is 37.3 Å². The van der Waals surface area contributed by atoms with E-state index < -0.39 is 21.5 Å². The van der Waals surface area contributed by atoms with Crippen LogP contribution in [0.4, 0.5) is 0 Å². The van der Waals surface area contributed by atoms with Gasteiger partial charge in [0.05, 0.1) is 21.0 Å². The van der Waals surface area contributed by atoms with Gasteiger partial charge in [-0.1, -0.05) is 19.1 Å². The zero-order valence-electron chi connectivity index (χ0n) is 11.8. The Balaban J connectivity index is 1.82. The van der Waals surface area contributed by atoms with Gasteiger partial charge in [-0.25, -0.2) is 13.4 Å². The first kappa shape index (κ1) is 15.9. The van der Waals surface area contributed by atoms with Crippen molar-refractivity contribution in [3.63, 3.8) is 0 Å². The molecule has 1 aromatic carbocycles. The van der Waals surface area contributed by atoms with E-state index >= 15 is 0 Å². The van der Waals surface area contributed by atoms with Crippen molar-refractivity contribution in [1.29, 1.82) is 0 Å². The van der Waals surface area contributed by atoms with Crippen LogP contribution in [0.3, 0.4) is 0 Å². The molecule has 0 saturated heterocycles. The third-order valence-corrected chi connectivity index (χ3v) is 5.69. The molecule has 21 heavy (non-hydrogen) atoms. The Morgan fingerprint density at radius 2 is 2.10 bits per heavy atom. The van der Waals surface area contributed by atoms with Crippen LogP contribution in [-0.4, -0.2) is 37.4 Å². The number of amides is 1. The first-order chi connectivity index (χ1) is 10.00. The summed E-state index contributed by atoms with van der Waals surface area (Å²) in [6.07, 6.45) is 1.14. The van der Waals surface area contributed by atoms with Crippen molar-refractivity contribution < 1.29 is 13.2 Å². The fraction of sp³-hybridized carbons (Fsp3) is 0.429. The summed E-state index contributed by atoms with van der Waals surface area (Å²) in [7, 11) is -3.27. The minimum atomic E-state index is -3.27. The third kappa shape index (κ3) is 4.78. The molecular weight excluding hydrogens is 308 g/mol. The highest BCUT2D eigenvalue weighted by molar-refractivity contribution is 7.92. The van der Waals surface area contributed by atoms with Crippen molar-refractivity contribution in [2.75, 3.05) is 18.1 Å². The molecule has 1 N–H and O–H groups in total. The van der Waals surface area contributed by atoms with Gasteiger partial charge in [0.25, 0.3) is 0 Å². The van der Waals surface area contributed by atoms with Crippen LogP contribution >= 0.6 is 11.3 Å². The van der Waals surface area contributed by atoms with E-state index in [1.807, 2.05) is 24.3 Å². The van der Waals surface area contributed by atoms with Gasteiger partial charge in [0.2, 0.25) is 5.91 Å². The molecule has 0 spiro atoms. The number of thiazole rings is 1. The van der Waals surface area contributed by atoms with Crippen molar-refractivity contribution in [2.24, 2.45) is 0 Å². The maximum Gasteiger partial charge on any atom is 0.235 e. The van der Waals surface area contributed by atoms with E-state index in [0.29, 0.717) is 19.4 Å². The van der Waals surface area contributed by atoms with Crippen molar-refractivity contribution in [2.45, 2.75) is 19.8 Å². The number of rotatable bonds is 7. The van der Waals surface area contributed by atoms with Crippen LogP contribution < -0.4 is 5.32 Å². The summed E-state index contributed by atoms with van der Waals surface area (Å²) in [6, 6.07) is 7.86. The largest absolute Gasteiger partial charge is 0.355 e. The van der Waals surface area contributed by atoms with Crippen molar-refractivity contribution in [1.82, 2.24) is 10.3 Å². The number of aromatic nitrogens is 1. The smallest absolute Gasteiger partial charge is 0.235 e. The van der Waals surface area contributed by atoms with Gasteiger partial charge in [-0.2, -0.15) is 0 Å². The zero-order valence-corrected chi connectivity index (χ0v) is 13.5. The van der Waals surface area contributed by atoms with E-state index in [4.69, 9.17) is 0 Å². The average Bonchev–Trinajstić information content (AvgIpc) is 2.80. The van der Waals surface area contributed by atoms with Gasteiger partial charge in [0, 0.05) is 13.0 Å². The number of hydrogen-bond acceptors (Lipinski definition) is 5. The Kier molecular flexibility index (Phi) is 5.30. The molecule has 0 radical (unpaired) electrons. The summed E-state index contributed by atoms with van der Waals surface area (Å²) in [5, 5.41) is 3.58. The lowest BCUT2D eigenvalue weighted by Gasteiger charge is -2.04. The molecule has 0 aliphatic heterocycles. The number of fused-ring (bicyclic) bond motifs is 1. The average molecular weight is 326 g/mol. The predicted octanol–water partition coefficient (Wildman–Crippen LogP) is 1.78. The number of para-hydroxylation sites is 1. The Labute approximate surface area is 128 Å². The maximum absolute atomic E-state index is 11.6. The molecule has 114 valence electrons. The second-order valence-electron chi connectivity index (χ2n) is 4.77. The minimum absolute atomic E-state index is 0.0539. The van der Waals surface area contributed by atoms with Gasteiger partial charge >= 0.3 is 0 Å². The molecule has 2 aromatic rings. The van der Waals surface area contributed by atoms with Crippen LogP contribution in [0.2, 0.25) is 0 Å². The first-order valence-electron chi connectivity index (χ1n) is 6.82. The van der Waals surface area contributed by atoms with E-state index in [2.05, 4.69) is 10.3 Å². The fourth-order valence-electron chi connectivity index (χ4n) is 1.97. The normalized spacial score (nSPS) is 11.7. The highest BCUT2D eigenvalue weighted by Crippen LogP contribution is 2.21. The molecule has 2 rings (SSSR count). The third-order valence-electron chi connectivity index (χ3n) is 2.87. The molecule has 1 heterocycles. The summed E-state index contributed by atoms with van der Waals surface area (Å²) in [5.74, 6) is -0.816. The van der Waals surface area contributed by atoms with E-state index in [-0.39, 0.29) is 5.75 Å². The van der Waals surface area contributed by atoms with Crippen LogP contribution in [0.1, 0.15) is 18.4 Å². The highest BCUT2D eigenvalue weighted by atomic mass is 32.2. The SMILES string of the molecule is CCCS(=O)(=O)CC(=O)NCCc1nc2ccccc2s1. The first-order valence-corrected chi connectivity index (χ1v) is 9.45. The second-order valence-corrected chi connectivity index (χ2v) is 8.07. The molecule has 0 unspecified atom stereocenters. The molecule has 0 fully saturated rings. The summed E-state index contributed by atoms with van der Waals surface area (Å²) in [5.41, 5.74) is 0.953. The van der Waals surface area contributed by atoms with Gasteiger partial charge < -0.3 is 5.32 Å². The Morgan fingerprint density at radius 3 is 2.81 bits per heavy atom. The molecular formula is C14H18N2O3S2. The monoisotopic (exact) mass is 326 g/mol. The van der Waals surface area contributed by atoms with Gasteiger partial charge in [0.15, 0.2) is 9.84 Å². The van der Waals surface area contributed by atoms with E-state index in [1.54, 1.807) is 18.3 Å². The highest BCUT2D eigenvalue weighted by Gasteiger charge is 2.15. The van der Waals surface area contributed by atoms with Gasteiger partial charge in [-0.15, -0.1) is 11.3 Å². The molecule has 7 heteroatoms. The molecule has 0 atom stereocenters. The Hall–Kier alpha value is -1.47. The molecule has 1 amide bonds. The number of hydrogen-bond donors (Lipinski definition) is 1. The molecule has 1 aromatic heterocycles. The zero-order chi connectivity index (χ0) is 15.3. The molecule has 0 saturated carbocycles. The number of nitrogens with one attached hydrogen (secondary N) is 1. The quantitative estimate of drug-likeness (QED) is 0.841. The summed E-state index contributed by atoms with van der Waals surface area (Å²) in [4.78, 5) is 16.1. The molecule has 0 bridgehead atoms. The lowest BCUT2D eigenvalue weighted by atomic mass is 10.3. The minimum Gasteiger partial charge on any atom is -0.355 e. The van der Waals surface area contributed by atoms with Crippen LogP contribution in [0, 0.1) is 0 Å². The van der Waals surface area contributed by atoms with Crippen LogP contribution in [0.25, 0.3) is 10.2 Å². The molecule has 0 aliphatic carbocycles. The lowest BCUT2D eigenvalue weighted by molar-refractivity contribution is -0.118. The lowest BCUT2D eigenvalue weighted by Crippen LogP contribution is -2.32. The standard InChI is InChI=1S/C14H18N2O3S2/c1-2-9-21(18,19)10-13(17)15-8-7-14-16-11-5-3-4-6-12(11)20-14/h3-6H,2,7-10H2,1H3,(H,15,17).